The number of pyridine rings is 4. The van der Waals surface area contributed by atoms with Gasteiger partial charge < -0.3 is 30.5 Å². The van der Waals surface area contributed by atoms with E-state index < -0.39 is 11.6 Å². The van der Waals surface area contributed by atoms with Crippen molar-refractivity contribution in [2.24, 2.45) is 5.92 Å². The Hall–Kier alpha value is -5.56. The molecular formula is C40H41ClN8O4. The smallest absolute Gasteiger partial charge is 0.272 e. The zero-order valence-electron chi connectivity index (χ0n) is 29.7. The maximum absolute atomic E-state index is 14.2. The second kappa shape index (κ2) is 15.6. The van der Waals surface area contributed by atoms with Crippen molar-refractivity contribution in [3.05, 3.63) is 125 Å². The molecule has 0 saturated carbocycles. The molecule has 1 aliphatic carbocycles. The Balaban J connectivity index is 1.19. The molecule has 1 aliphatic heterocycles. The van der Waals surface area contributed by atoms with Gasteiger partial charge in [0.05, 0.1) is 20.3 Å². The molecule has 53 heavy (non-hydrogen) atoms. The predicted octanol–water partition coefficient (Wildman–Crippen LogP) is 6.10. The van der Waals surface area contributed by atoms with Gasteiger partial charge in [-0.2, -0.15) is 0 Å². The molecule has 13 heteroatoms. The van der Waals surface area contributed by atoms with E-state index in [2.05, 4.69) is 36.9 Å². The van der Waals surface area contributed by atoms with Gasteiger partial charge in [-0.3, -0.25) is 19.7 Å². The third-order valence-electron chi connectivity index (χ3n) is 9.75. The Kier molecular flexibility index (Phi) is 10.5. The fourth-order valence-corrected chi connectivity index (χ4v) is 7.12. The zero-order chi connectivity index (χ0) is 37.0. The topological polar surface area (TPSA) is 147 Å². The van der Waals surface area contributed by atoms with Crippen molar-refractivity contribution >= 4 is 45.5 Å². The summed E-state index contributed by atoms with van der Waals surface area (Å²) in [6.45, 7) is 4.61. The number of amides is 1. The highest BCUT2D eigenvalue weighted by Gasteiger charge is 2.41. The monoisotopic (exact) mass is 732 g/mol. The Labute approximate surface area is 313 Å². The molecule has 2 unspecified atom stereocenters. The number of likely N-dealkylation sites (tertiary alicyclic amines) is 1. The van der Waals surface area contributed by atoms with Gasteiger partial charge in [0.2, 0.25) is 5.88 Å². The number of methoxy groups -OCH3 is 2. The van der Waals surface area contributed by atoms with Gasteiger partial charge in [0.15, 0.2) is 5.82 Å². The van der Waals surface area contributed by atoms with E-state index in [1.54, 1.807) is 44.9 Å². The molecule has 1 saturated heterocycles. The maximum Gasteiger partial charge on any atom is 0.272 e. The highest BCUT2D eigenvalue weighted by Crippen LogP contribution is 2.40. The minimum absolute atomic E-state index is 0.174. The fraction of sp³-hybridized carbons (Fsp3) is 0.275. The lowest BCUT2D eigenvalue weighted by molar-refractivity contribution is 0.0908. The number of ether oxygens (including phenoxy) is 2. The van der Waals surface area contributed by atoms with E-state index in [0.29, 0.717) is 47.6 Å². The number of carbonyl (C=O) groups is 1. The number of benzene rings is 1. The van der Waals surface area contributed by atoms with E-state index in [1.807, 2.05) is 67.7 Å². The standard InChI is InChI=1S/C40H41ClN8O4/c1-25-31(32-7-4-5-9-33(32)41)8-6-13-40(25,47-38-37-27(10-14-43-38)17-26(20-46-37)23-49-16-12-30(50)24-49)48-39(51)34-19-35(52-2)28(22-45-34)21-44-29-11-15-42-36(18-29)53-3/h4-11,13-15,17-20,22,25,30,50H,12,16,21,23-24H2,1-3H3,(H,42,44)(H,43,47)(H,48,51)/t25-,30?,40?/m1/s1. The number of nitrogens with zero attached hydrogens (tertiary/aromatic N) is 5. The first kappa shape index (κ1) is 35.8. The van der Waals surface area contributed by atoms with Crippen LogP contribution in [0.5, 0.6) is 11.6 Å². The number of anilines is 2. The number of hydrogen-bond donors (Lipinski definition) is 4. The first-order valence-electron chi connectivity index (χ1n) is 17.4. The second-order valence-corrected chi connectivity index (χ2v) is 13.6. The van der Waals surface area contributed by atoms with Gasteiger partial charge in [-0.25, -0.2) is 9.97 Å². The molecule has 5 heterocycles. The number of aliphatic hydroxyl groups is 1. The lowest BCUT2D eigenvalue weighted by Crippen LogP contribution is -2.58. The summed E-state index contributed by atoms with van der Waals surface area (Å²) < 4.78 is 10.9. The van der Waals surface area contributed by atoms with E-state index >= 15 is 0 Å². The molecule has 12 nitrogen and oxygen atoms in total. The molecule has 1 fully saturated rings. The number of carbonyl (C=O) groups excluding carboxylic acids is 1. The Morgan fingerprint density at radius 1 is 1.04 bits per heavy atom. The molecule has 7 rings (SSSR count). The summed E-state index contributed by atoms with van der Waals surface area (Å²) in [5.41, 5.74) is 4.05. The summed E-state index contributed by atoms with van der Waals surface area (Å²) >= 11 is 6.72. The third-order valence-corrected chi connectivity index (χ3v) is 10.1. The summed E-state index contributed by atoms with van der Waals surface area (Å²) in [6, 6.07) is 16.9. The van der Waals surface area contributed by atoms with Gasteiger partial charge in [-0.05, 0) is 53.5 Å². The molecule has 4 aromatic heterocycles. The minimum atomic E-state index is -1.18. The predicted molar refractivity (Wildman–Crippen MR) is 206 cm³/mol. The minimum Gasteiger partial charge on any atom is -0.496 e. The summed E-state index contributed by atoms with van der Waals surface area (Å²) in [4.78, 5) is 34.7. The van der Waals surface area contributed by atoms with Crippen LogP contribution in [0.15, 0.2) is 97.6 Å². The van der Waals surface area contributed by atoms with Crippen molar-refractivity contribution < 1.29 is 19.4 Å². The molecule has 0 radical (unpaired) electrons. The van der Waals surface area contributed by atoms with Crippen molar-refractivity contribution in [3.8, 4) is 11.6 Å². The van der Waals surface area contributed by atoms with Crippen LogP contribution in [-0.2, 0) is 13.1 Å². The van der Waals surface area contributed by atoms with Crippen LogP contribution in [0.1, 0.15) is 40.5 Å². The first-order valence-corrected chi connectivity index (χ1v) is 17.8. The van der Waals surface area contributed by atoms with Crippen LogP contribution in [-0.4, -0.2) is 74.9 Å². The van der Waals surface area contributed by atoms with Crippen molar-refractivity contribution in [3.63, 3.8) is 0 Å². The van der Waals surface area contributed by atoms with E-state index in [1.165, 1.54) is 0 Å². The molecule has 3 atom stereocenters. The number of fused-ring (bicyclic) bond motifs is 1. The third kappa shape index (κ3) is 7.80. The number of rotatable bonds is 12. The van der Waals surface area contributed by atoms with E-state index in [4.69, 9.17) is 31.0 Å². The number of halogens is 1. The van der Waals surface area contributed by atoms with Gasteiger partial charge >= 0.3 is 0 Å². The molecule has 1 aromatic carbocycles. The van der Waals surface area contributed by atoms with Crippen molar-refractivity contribution in [1.82, 2.24) is 30.2 Å². The number of nitrogens with one attached hydrogen (secondary N) is 3. The van der Waals surface area contributed by atoms with Crippen LogP contribution < -0.4 is 25.4 Å². The largest absolute Gasteiger partial charge is 0.496 e. The van der Waals surface area contributed by atoms with Gasteiger partial charge in [-0.1, -0.05) is 48.9 Å². The molecule has 0 spiro atoms. The van der Waals surface area contributed by atoms with Gasteiger partial charge in [0.25, 0.3) is 5.91 Å². The van der Waals surface area contributed by atoms with Gasteiger partial charge in [0.1, 0.15) is 22.6 Å². The summed E-state index contributed by atoms with van der Waals surface area (Å²) in [7, 11) is 3.12. The molecule has 4 N–H and O–H groups in total. The number of aromatic nitrogens is 4. The molecule has 0 bridgehead atoms. The van der Waals surface area contributed by atoms with Gasteiger partial charge in [-0.15, -0.1) is 0 Å². The van der Waals surface area contributed by atoms with E-state index in [0.717, 1.165) is 46.3 Å². The highest BCUT2D eigenvalue weighted by atomic mass is 35.5. The summed E-state index contributed by atoms with van der Waals surface area (Å²) in [5.74, 6) is 0.740. The molecular weight excluding hydrogens is 692 g/mol. The molecule has 1 amide bonds. The number of allylic oxidation sites excluding steroid dienone is 2. The van der Waals surface area contributed by atoms with Crippen LogP contribution in [0.4, 0.5) is 11.5 Å². The lowest BCUT2D eigenvalue weighted by Gasteiger charge is -2.41. The van der Waals surface area contributed by atoms with E-state index in [9.17, 15) is 9.90 Å². The number of hydrogen-bond acceptors (Lipinski definition) is 11. The fourth-order valence-electron chi connectivity index (χ4n) is 6.87. The Bertz CT molecular complexity index is 2200. The average molecular weight is 733 g/mol. The summed E-state index contributed by atoms with van der Waals surface area (Å²) in [5, 5.41) is 21.7. The van der Waals surface area contributed by atoms with Crippen LogP contribution in [0.2, 0.25) is 5.02 Å². The van der Waals surface area contributed by atoms with Gasteiger partial charge in [0, 0.05) is 90.7 Å². The maximum atomic E-state index is 14.2. The normalized spacial score (nSPS) is 19.8. The molecule has 5 aromatic rings. The van der Waals surface area contributed by atoms with Crippen LogP contribution >= 0.6 is 11.6 Å². The van der Waals surface area contributed by atoms with Crippen molar-refractivity contribution in [2.75, 3.05) is 37.9 Å². The van der Waals surface area contributed by atoms with E-state index in [-0.39, 0.29) is 17.7 Å². The van der Waals surface area contributed by atoms with Crippen LogP contribution in [0.25, 0.3) is 16.5 Å². The second-order valence-electron chi connectivity index (χ2n) is 13.2. The summed E-state index contributed by atoms with van der Waals surface area (Å²) in [6.07, 6.45) is 13.2. The average Bonchev–Trinajstić information content (AvgIpc) is 3.59. The quantitative estimate of drug-likeness (QED) is 0.110. The zero-order valence-corrected chi connectivity index (χ0v) is 30.5. The van der Waals surface area contributed by atoms with Crippen LogP contribution in [0.3, 0.4) is 0 Å². The first-order chi connectivity index (χ1) is 25.7. The number of aliphatic hydroxyl groups excluding tert-OH is 1. The Morgan fingerprint density at radius 2 is 1.89 bits per heavy atom. The lowest BCUT2D eigenvalue weighted by atomic mass is 9.79. The highest BCUT2D eigenvalue weighted by molar-refractivity contribution is 6.32. The van der Waals surface area contributed by atoms with Crippen molar-refractivity contribution in [1.29, 1.82) is 0 Å². The number of β-amino-alcohol motifs (C(OH)–C–C–N with tert-alkyl or cyclic N) is 1. The Morgan fingerprint density at radius 3 is 2.68 bits per heavy atom. The molecule has 2 aliphatic rings. The molecule has 272 valence electrons. The van der Waals surface area contributed by atoms with Crippen LogP contribution in [0, 0.1) is 5.92 Å². The SMILES string of the molecule is COc1cc(NCc2cnc(C(=O)NC3(Nc4nccc5cc(CN6CCC(O)C6)cnc45)C=CC=C(c4ccccc4Cl)[C@H]3C)cc2OC)ccn1. The van der Waals surface area contributed by atoms with Crippen molar-refractivity contribution in [2.45, 2.75) is 38.2 Å².